The van der Waals surface area contributed by atoms with Gasteiger partial charge < -0.3 is 5.53 Å². The molecule has 0 aromatic heterocycles. The van der Waals surface area contributed by atoms with Gasteiger partial charge in [-0.3, -0.25) is 4.79 Å². The van der Waals surface area contributed by atoms with Crippen molar-refractivity contribution in [1.82, 2.24) is 0 Å². The van der Waals surface area contributed by atoms with Gasteiger partial charge in [-0.25, -0.2) is 0 Å². The van der Waals surface area contributed by atoms with Gasteiger partial charge in [0.25, 0.3) is 0 Å². The molecule has 0 amide bonds. The summed E-state index contributed by atoms with van der Waals surface area (Å²) in [7, 11) is 0. The number of carbonyl (C=O) groups excluding carboxylic acids is 1. The first-order valence-electron chi connectivity index (χ1n) is 4.77. The second-order valence-electron chi connectivity index (χ2n) is 4.43. The maximum Gasteiger partial charge on any atom is 0.361 e. The van der Waals surface area contributed by atoms with Crippen LogP contribution < -0.4 is 0 Å². The molecule has 0 N–H and O–H groups in total. The Morgan fingerprint density at radius 3 is 2.13 bits per heavy atom. The minimum atomic E-state index is 0.0514. The third-order valence-electron chi connectivity index (χ3n) is 2.27. The zero-order valence-corrected chi connectivity index (χ0v) is 9.19. The van der Waals surface area contributed by atoms with Crippen molar-refractivity contribution in [2.75, 3.05) is 0 Å². The third-order valence-corrected chi connectivity index (χ3v) is 2.27. The summed E-state index contributed by atoms with van der Waals surface area (Å²) in [5, 5.41) is 0. The molecule has 0 bridgehead atoms. The van der Waals surface area contributed by atoms with E-state index in [1.807, 2.05) is 12.1 Å². The molecular formula is C12H14N2O. The predicted octanol–water partition coefficient (Wildman–Crippen LogP) is 2.20. The van der Waals surface area contributed by atoms with Crippen molar-refractivity contribution in [3.63, 3.8) is 0 Å². The summed E-state index contributed by atoms with van der Waals surface area (Å²) in [6.45, 7) is 6.34. The Morgan fingerprint density at radius 2 is 1.80 bits per heavy atom. The van der Waals surface area contributed by atoms with Crippen LogP contribution >= 0.6 is 0 Å². The van der Waals surface area contributed by atoms with E-state index in [2.05, 4.69) is 25.6 Å². The SMILES string of the molecule is CC(C)(C)c1ccc(C(C=O)=[N+]=[N-])cc1. The summed E-state index contributed by atoms with van der Waals surface area (Å²) in [5.41, 5.74) is 10.5. The molecule has 1 aromatic rings. The minimum absolute atomic E-state index is 0.0514. The Morgan fingerprint density at radius 1 is 1.27 bits per heavy atom. The number of rotatable bonds is 2. The maximum atomic E-state index is 10.5. The lowest BCUT2D eigenvalue weighted by molar-refractivity contribution is -0.106. The van der Waals surface area contributed by atoms with Crippen molar-refractivity contribution in [3.05, 3.63) is 40.9 Å². The zero-order chi connectivity index (χ0) is 11.5. The van der Waals surface area contributed by atoms with Crippen LogP contribution in [0.15, 0.2) is 24.3 Å². The van der Waals surface area contributed by atoms with Gasteiger partial charge in [-0.05, 0) is 23.1 Å². The Balaban J connectivity index is 3.11. The molecule has 78 valence electrons. The molecular weight excluding hydrogens is 188 g/mol. The van der Waals surface area contributed by atoms with Gasteiger partial charge in [0.15, 0.2) is 0 Å². The van der Waals surface area contributed by atoms with Gasteiger partial charge >= 0.3 is 5.71 Å². The molecule has 3 heteroatoms. The summed E-state index contributed by atoms with van der Waals surface area (Å²) in [6.07, 6.45) is 0.534. The van der Waals surface area contributed by atoms with Crippen molar-refractivity contribution in [2.24, 2.45) is 0 Å². The van der Waals surface area contributed by atoms with Crippen LogP contribution in [0.1, 0.15) is 31.9 Å². The largest absolute Gasteiger partial charge is 0.361 e. The smallest absolute Gasteiger partial charge is 0.361 e. The molecule has 15 heavy (non-hydrogen) atoms. The fourth-order valence-corrected chi connectivity index (χ4v) is 1.29. The predicted molar refractivity (Wildman–Crippen MR) is 58.9 cm³/mol. The van der Waals surface area contributed by atoms with Crippen molar-refractivity contribution in [2.45, 2.75) is 26.2 Å². The number of aldehydes is 1. The zero-order valence-electron chi connectivity index (χ0n) is 9.19. The van der Waals surface area contributed by atoms with E-state index in [0.29, 0.717) is 11.8 Å². The van der Waals surface area contributed by atoms with E-state index in [9.17, 15) is 4.79 Å². The first-order valence-corrected chi connectivity index (χ1v) is 4.77. The first-order chi connectivity index (χ1) is 6.99. The quantitative estimate of drug-likeness (QED) is 0.314. The minimum Gasteiger partial charge on any atom is -0.361 e. The molecule has 1 aromatic carbocycles. The van der Waals surface area contributed by atoms with Crippen LogP contribution in [-0.4, -0.2) is 16.8 Å². The van der Waals surface area contributed by atoms with Gasteiger partial charge in [0.2, 0.25) is 6.29 Å². The van der Waals surface area contributed by atoms with Gasteiger partial charge in [0, 0.05) is 0 Å². The van der Waals surface area contributed by atoms with E-state index >= 15 is 0 Å². The summed E-state index contributed by atoms with van der Waals surface area (Å²) >= 11 is 0. The van der Waals surface area contributed by atoms with Crippen LogP contribution in [0.3, 0.4) is 0 Å². The molecule has 0 saturated carbocycles. The van der Waals surface area contributed by atoms with E-state index in [1.165, 1.54) is 5.56 Å². The van der Waals surface area contributed by atoms with Gasteiger partial charge in [0.1, 0.15) is 0 Å². The Hall–Kier alpha value is -1.73. The highest BCUT2D eigenvalue weighted by Crippen LogP contribution is 2.21. The molecule has 1 rings (SSSR count). The van der Waals surface area contributed by atoms with Crippen LogP contribution in [0, 0.1) is 0 Å². The second-order valence-corrected chi connectivity index (χ2v) is 4.43. The number of nitrogens with zero attached hydrogens (tertiary/aromatic N) is 2. The van der Waals surface area contributed by atoms with Gasteiger partial charge in [-0.1, -0.05) is 32.9 Å². The highest BCUT2D eigenvalue weighted by molar-refractivity contribution is 6.33. The summed E-state index contributed by atoms with van der Waals surface area (Å²) in [4.78, 5) is 13.4. The molecule has 0 radical (unpaired) electrons. The molecule has 0 aliphatic rings. The van der Waals surface area contributed by atoms with Crippen molar-refractivity contribution in [3.8, 4) is 0 Å². The lowest BCUT2D eigenvalue weighted by Gasteiger charge is -2.18. The molecule has 0 fully saturated rings. The molecule has 0 spiro atoms. The lowest BCUT2D eigenvalue weighted by Crippen LogP contribution is -2.11. The van der Waals surface area contributed by atoms with E-state index in [1.54, 1.807) is 12.1 Å². The highest BCUT2D eigenvalue weighted by Gasteiger charge is 2.15. The normalized spacial score (nSPS) is 10.6. The van der Waals surface area contributed by atoms with E-state index in [4.69, 9.17) is 5.53 Å². The molecule has 0 heterocycles. The van der Waals surface area contributed by atoms with Gasteiger partial charge in [-0.2, -0.15) is 4.79 Å². The maximum absolute atomic E-state index is 10.5. The first kappa shape index (κ1) is 11.3. The molecule has 0 unspecified atom stereocenters. The standard InChI is InChI=1S/C12H14N2O/c1-12(2,3)10-6-4-9(5-7-10)11(8-15)14-13/h4-8H,1-3H3. The van der Waals surface area contributed by atoms with Crippen molar-refractivity contribution < 1.29 is 9.58 Å². The van der Waals surface area contributed by atoms with Crippen LogP contribution in [0.2, 0.25) is 0 Å². The van der Waals surface area contributed by atoms with Crippen molar-refractivity contribution >= 4 is 12.0 Å². The van der Waals surface area contributed by atoms with E-state index < -0.39 is 0 Å². The molecule has 0 aliphatic carbocycles. The van der Waals surface area contributed by atoms with Crippen molar-refractivity contribution in [1.29, 1.82) is 0 Å². The fraction of sp³-hybridized carbons (Fsp3) is 0.333. The highest BCUT2D eigenvalue weighted by atomic mass is 16.1. The fourth-order valence-electron chi connectivity index (χ4n) is 1.29. The number of benzene rings is 1. The Bertz CT molecular complexity index is 406. The molecule has 0 atom stereocenters. The Labute approximate surface area is 89.4 Å². The monoisotopic (exact) mass is 202 g/mol. The van der Waals surface area contributed by atoms with E-state index in [0.717, 1.165) is 0 Å². The average molecular weight is 202 g/mol. The van der Waals surface area contributed by atoms with Crippen LogP contribution in [0.5, 0.6) is 0 Å². The second kappa shape index (κ2) is 4.20. The van der Waals surface area contributed by atoms with Crippen LogP contribution in [0.25, 0.3) is 5.53 Å². The summed E-state index contributed by atoms with van der Waals surface area (Å²) in [5.74, 6) is 0. The van der Waals surface area contributed by atoms with E-state index in [-0.39, 0.29) is 11.1 Å². The van der Waals surface area contributed by atoms with Crippen LogP contribution in [-0.2, 0) is 10.2 Å². The topological polar surface area (TPSA) is 53.5 Å². The van der Waals surface area contributed by atoms with Gasteiger partial charge in [0.05, 0.1) is 5.56 Å². The average Bonchev–Trinajstić information content (AvgIpc) is 2.19. The Kier molecular flexibility index (Phi) is 3.17. The van der Waals surface area contributed by atoms with Crippen LogP contribution in [0.4, 0.5) is 0 Å². The molecule has 0 saturated heterocycles. The summed E-state index contributed by atoms with van der Waals surface area (Å²) < 4.78 is 0. The number of hydrogen-bond acceptors (Lipinski definition) is 1. The van der Waals surface area contributed by atoms with Gasteiger partial charge in [-0.15, -0.1) is 0 Å². The molecule has 0 aliphatic heterocycles. The molecule has 3 nitrogen and oxygen atoms in total. The lowest BCUT2D eigenvalue weighted by atomic mass is 9.86. The summed E-state index contributed by atoms with van der Waals surface area (Å²) in [6, 6.07) is 7.43. The number of carbonyl (C=O) groups is 1. The third kappa shape index (κ3) is 2.61. The number of hydrogen-bond donors (Lipinski definition) is 0.